The summed E-state index contributed by atoms with van der Waals surface area (Å²) in [5, 5.41) is 10.5. The van der Waals surface area contributed by atoms with Gasteiger partial charge >= 0.3 is 5.97 Å². The first-order valence-corrected chi connectivity index (χ1v) is 3.43. The van der Waals surface area contributed by atoms with Gasteiger partial charge in [0.05, 0.1) is 6.04 Å². The number of aliphatic carboxylic acids is 1. The molecule has 0 aliphatic rings. The molecule has 1 amide bonds. The Hall–Kier alpha value is -1.39. The number of carboxylic acid groups (broad SMARTS) is 1. The van der Waals surface area contributed by atoms with Crippen LogP contribution in [-0.4, -0.2) is 29.3 Å². The van der Waals surface area contributed by atoms with Crippen LogP contribution in [-0.2, 0) is 14.4 Å². The van der Waals surface area contributed by atoms with Gasteiger partial charge in [-0.3, -0.25) is 14.4 Å². The zero-order valence-electron chi connectivity index (χ0n) is 6.66. The van der Waals surface area contributed by atoms with Crippen molar-refractivity contribution in [2.45, 2.75) is 25.8 Å². The Morgan fingerprint density at radius 3 is 2.50 bits per heavy atom. The third-order valence-electron chi connectivity index (χ3n) is 1.17. The summed E-state index contributed by atoms with van der Waals surface area (Å²) in [6, 6.07) is -0.807. The highest BCUT2D eigenvalue weighted by Crippen LogP contribution is 1.94. The van der Waals surface area contributed by atoms with Gasteiger partial charge in [-0.1, -0.05) is 0 Å². The number of nitrogens with one attached hydrogen (secondary N) is 1. The summed E-state index contributed by atoms with van der Waals surface area (Å²) in [7, 11) is 0. The Bertz CT molecular complexity index is 190. The minimum atomic E-state index is -0.999. The van der Waals surface area contributed by atoms with Crippen LogP contribution in [0.25, 0.3) is 0 Å². The SMILES string of the molecule is CC(=O)N[C@@H]([C]=O)CCC(=O)O. The number of carbonyl (C=O) groups is 2. The molecule has 0 aliphatic carbocycles. The molecule has 0 saturated carbocycles. The van der Waals surface area contributed by atoms with Gasteiger partial charge in [0.2, 0.25) is 12.2 Å². The topological polar surface area (TPSA) is 83.5 Å². The van der Waals surface area contributed by atoms with E-state index in [4.69, 9.17) is 5.11 Å². The van der Waals surface area contributed by atoms with Gasteiger partial charge in [0.1, 0.15) is 0 Å². The number of hydrogen-bond donors (Lipinski definition) is 2. The molecule has 12 heavy (non-hydrogen) atoms. The molecule has 0 aromatic rings. The van der Waals surface area contributed by atoms with E-state index < -0.39 is 12.0 Å². The minimum absolute atomic E-state index is 0.0818. The average Bonchev–Trinajstić information content (AvgIpc) is 1.97. The van der Waals surface area contributed by atoms with Gasteiger partial charge in [-0.05, 0) is 6.42 Å². The molecule has 67 valence electrons. The number of carbonyl (C=O) groups excluding carboxylic acids is 2. The molecule has 0 aromatic carbocycles. The van der Waals surface area contributed by atoms with E-state index in [9.17, 15) is 14.4 Å². The van der Waals surface area contributed by atoms with Crippen LogP contribution in [0.15, 0.2) is 0 Å². The normalized spacial score (nSPS) is 11.8. The van der Waals surface area contributed by atoms with Crippen LogP contribution in [0.2, 0.25) is 0 Å². The van der Waals surface area contributed by atoms with Crippen molar-refractivity contribution in [3.8, 4) is 0 Å². The summed E-state index contributed by atoms with van der Waals surface area (Å²) in [6.07, 6.45) is 1.47. The quantitative estimate of drug-likeness (QED) is 0.583. The minimum Gasteiger partial charge on any atom is -0.481 e. The Morgan fingerprint density at radius 2 is 2.17 bits per heavy atom. The predicted octanol–water partition coefficient (Wildman–Crippen LogP) is -0.534. The maximum atomic E-state index is 10.4. The van der Waals surface area contributed by atoms with Crippen LogP contribution in [0.1, 0.15) is 19.8 Å². The molecule has 0 rings (SSSR count). The molecule has 0 saturated heterocycles. The lowest BCUT2D eigenvalue weighted by Gasteiger charge is -2.07. The number of amides is 1. The fraction of sp³-hybridized carbons (Fsp3) is 0.571. The Morgan fingerprint density at radius 1 is 1.58 bits per heavy atom. The lowest BCUT2D eigenvalue weighted by Crippen LogP contribution is -2.34. The van der Waals surface area contributed by atoms with Gasteiger partial charge in [0.15, 0.2) is 0 Å². The van der Waals surface area contributed by atoms with Crippen molar-refractivity contribution in [2.24, 2.45) is 0 Å². The summed E-state index contributed by atoms with van der Waals surface area (Å²) in [4.78, 5) is 30.6. The summed E-state index contributed by atoms with van der Waals surface area (Å²) in [6.45, 7) is 1.26. The monoisotopic (exact) mass is 172 g/mol. The van der Waals surface area contributed by atoms with Crippen LogP contribution in [0.5, 0.6) is 0 Å². The summed E-state index contributed by atoms with van der Waals surface area (Å²) >= 11 is 0. The van der Waals surface area contributed by atoms with E-state index in [-0.39, 0.29) is 18.7 Å². The van der Waals surface area contributed by atoms with Crippen molar-refractivity contribution in [2.75, 3.05) is 0 Å². The largest absolute Gasteiger partial charge is 0.481 e. The molecule has 0 fully saturated rings. The lowest BCUT2D eigenvalue weighted by molar-refractivity contribution is -0.137. The van der Waals surface area contributed by atoms with Crippen molar-refractivity contribution in [1.82, 2.24) is 5.32 Å². The summed E-state index contributed by atoms with van der Waals surface area (Å²) in [5.74, 6) is -1.37. The molecule has 0 heterocycles. The van der Waals surface area contributed by atoms with E-state index in [0.29, 0.717) is 0 Å². The van der Waals surface area contributed by atoms with Crippen molar-refractivity contribution in [1.29, 1.82) is 0 Å². The summed E-state index contributed by atoms with van der Waals surface area (Å²) in [5.41, 5.74) is 0. The highest BCUT2D eigenvalue weighted by atomic mass is 16.4. The fourth-order valence-corrected chi connectivity index (χ4v) is 0.674. The first kappa shape index (κ1) is 10.6. The number of rotatable bonds is 5. The third-order valence-corrected chi connectivity index (χ3v) is 1.17. The van der Waals surface area contributed by atoms with Gasteiger partial charge in [0, 0.05) is 13.3 Å². The molecule has 0 spiro atoms. The Labute approximate surface area is 69.8 Å². The van der Waals surface area contributed by atoms with Gasteiger partial charge in [-0.25, -0.2) is 0 Å². The van der Waals surface area contributed by atoms with E-state index in [1.54, 1.807) is 6.29 Å². The van der Waals surface area contributed by atoms with Crippen molar-refractivity contribution in [3.05, 3.63) is 0 Å². The van der Waals surface area contributed by atoms with Crippen LogP contribution < -0.4 is 5.32 Å². The van der Waals surface area contributed by atoms with E-state index in [0.717, 1.165) is 0 Å². The van der Waals surface area contributed by atoms with Crippen LogP contribution >= 0.6 is 0 Å². The van der Waals surface area contributed by atoms with Crippen molar-refractivity contribution < 1.29 is 19.5 Å². The van der Waals surface area contributed by atoms with Crippen LogP contribution in [0, 0.1) is 0 Å². The van der Waals surface area contributed by atoms with Gasteiger partial charge in [-0.2, -0.15) is 0 Å². The maximum Gasteiger partial charge on any atom is 0.303 e. The second-order valence-corrected chi connectivity index (χ2v) is 2.30. The molecule has 1 radical (unpaired) electrons. The molecule has 1 atom stereocenters. The van der Waals surface area contributed by atoms with E-state index >= 15 is 0 Å². The lowest BCUT2D eigenvalue weighted by atomic mass is 10.2. The second-order valence-electron chi connectivity index (χ2n) is 2.30. The van der Waals surface area contributed by atoms with Gasteiger partial charge < -0.3 is 10.4 Å². The molecule has 2 N–H and O–H groups in total. The molecule has 0 aliphatic heterocycles. The van der Waals surface area contributed by atoms with E-state index in [2.05, 4.69) is 5.32 Å². The maximum absolute atomic E-state index is 10.4. The van der Waals surface area contributed by atoms with Gasteiger partial charge in [0.25, 0.3) is 0 Å². The standard InChI is InChI=1S/C7H10NO4/c1-5(10)8-6(4-9)2-3-7(11)12/h6H,2-3H2,1H3,(H,8,10)(H,11,12)/t6-/m1/s1. The molecule has 0 aromatic heterocycles. The fourth-order valence-electron chi connectivity index (χ4n) is 0.674. The first-order valence-electron chi connectivity index (χ1n) is 3.43. The highest BCUT2D eigenvalue weighted by molar-refractivity contribution is 5.77. The van der Waals surface area contributed by atoms with E-state index in [1.807, 2.05) is 0 Å². The van der Waals surface area contributed by atoms with Crippen molar-refractivity contribution in [3.63, 3.8) is 0 Å². The number of carboxylic acids is 1. The van der Waals surface area contributed by atoms with Crippen LogP contribution in [0.4, 0.5) is 0 Å². The zero-order valence-corrected chi connectivity index (χ0v) is 6.66. The second kappa shape index (κ2) is 5.29. The molecular weight excluding hydrogens is 162 g/mol. The number of hydrogen-bond acceptors (Lipinski definition) is 3. The van der Waals surface area contributed by atoms with Crippen molar-refractivity contribution >= 4 is 18.2 Å². The smallest absolute Gasteiger partial charge is 0.303 e. The first-order chi connectivity index (χ1) is 5.56. The average molecular weight is 172 g/mol. The highest BCUT2D eigenvalue weighted by Gasteiger charge is 2.10. The Kier molecular flexibility index (Phi) is 4.67. The predicted molar refractivity (Wildman–Crippen MR) is 40.2 cm³/mol. The molecular formula is C7H10NO4. The zero-order chi connectivity index (χ0) is 9.56. The van der Waals surface area contributed by atoms with E-state index in [1.165, 1.54) is 6.92 Å². The molecule has 5 nitrogen and oxygen atoms in total. The molecule has 5 heteroatoms. The van der Waals surface area contributed by atoms with Gasteiger partial charge in [-0.15, -0.1) is 0 Å². The third kappa shape index (κ3) is 5.40. The summed E-state index contributed by atoms with van der Waals surface area (Å²) < 4.78 is 0. The van der Waals surface area contributed by atoms with Crippen LogP contribution in [0.3, 0.4) is 0 Å². The Balaban J connectivity index is 3.75. The molecule has 0 bridgehead atoms. The molecule has 0 unspecified atom stereocenters.